The van der Waals surface area contributed by atoms with E-state index in [1.54, 1.807) is 0 Å². The molecule has 0 unspecified atom stereocenters. The first kappa shape index (κ1) is 39.6. The van der Waals surface area contributed by atoms with E-state index >= 15 is 0 Å². The van der Waals surface area contributed by atoms with Crippen LogP contribution < -0.4 is 9.80 Å². The molecule has 0 amide bonds. The molecule has 2 saturated carbocycles. The van der Waals surface area contributed by atoms with Crippen LogP contribution in [0.5, 0.6) is 0 Å². The standard InChI is InChI=1S/C64H52N2O2/c1-39-15-3-9-27-53(39)65(57-29-13-25-49-47-23-11-21-45(41-17-5-6-18-41)61(47)67-63(49)57)55-37-33-43-32-36-52-56(38-34-44-31-35-51(55)59(43)60(44)52)66(54-28-10-4-16-40(54)2)58-30-14-26-50-48-24-12-22-46(42-19-7-8-20-42)62(48)68-64(50)58/h3-4,9-16,21-38,41-42H,5-8,17-20H2,1-2H3. The van der Waals surface area contributed by atoms with E-state index in [1.165, 1.54) is 117 Å². The maximum absolute atomic E-state index is 7.18. The van der Waals surface area contributed by atoms with Gasteiger partial charge in [-0.1, -0.05) is 159 Å². The quantitative estimate of drug-likeness (QED) is 0.142. The Morgan fingerprint density at radius 2 is 0.691 bits per heavy atom. The van der Waals surface area contributed by atoms with Gasteiger partial charge in [-0.2, -0.15) is 0 Å². The maximum atomic E-state index is 7.18. The zero-order valence-electron chi connectivity index (χ0n) is 38.7. The summed E-state index contributed by atoms with van der Waals surface area (Å²) in [6.07, 6.45) is 10.0. The van der Waals surface area contributed by atoms with Gasteiger partial charge in [-0.25, -0.2) is 0 Å². The molecule has 2 aromatic heterocycles. The number of nitrogens with zero attached hydrogens (tertiary/aromatic N) is 2. The summed E-state index contributed by atoms with van der Waals surface area (Å²) in [5, 5.41) is 12.0. The van der Waals surface area contributed by atoms with Gasteiger partial charge in [-0.15, -0.1) is 0 Å². The number of rotatable bonds is 8. The van der Waals surface area contributed by atoms with Crippen LogP contribution in [0.3, 0.4) is 0 Å². The minimum absolute atomic E-state index is 0.542. The topological polar surface area (TPSA) is 32.8 Å². The Bertz CT molecular complexity index is 3680. The van der Waals surface area contributed by atoms with Crippen LogP contribution in [0.2, 0.25) is 0 Å². The van der Waals surface area contributed by atoms with Gasteiger partial charge in [0.05, 0.1) is 22.7 Å². The van der Waals surface area contributed by atoms with Crippen LogP contribution in [0, 0.1) is 13.8 Å². The fraction of sp³-hybridized carbons (Fsp3) is 0.188. The number of para-hydroxylation sites is 6. The molecule has 4 nitrogen and oxygen atoms in total. The van der Waals surface area contributed by atoms with Crippen LogP contribution in [0.4, 0.5) is 34.1 Å². The van der Waals surface area contributed by atoms with E-state index in [4.69, 9.17) is 8.83 Å². The summed E-state index contributed by atoms with van der Waals surface area (Å²) in [7, 11) is 0. The van der Waals surface area contributed by atoms with E-state index in [-0.39, 0.29) is 0 Å². The Balaban J connectivity index is 1.01. The van der Waals surface area contributed by atoms with Crippen LogP contribution in [0.15, 0.2) is 179 Å². The molecule has 0 spiro atoms. The molecule has 0 N–H and O–H groups in total. The highest BCUT2D eigenvalue weighted by atomic mass is 16.3. The number of fused-ring (bicyclic) bond motifs is 6. The summed E-state index contributed by atoms with van der Waals surface area (Å²) in [5.41, 5.74) is 15.6. The zero-order chi connectivity index (χ0) is 45.0. The first-order chi connectivity index (χ1) is 33.6. The fourth-order valence-corrected chi connectivity index (χ4v) is 12.7. The molecule has 2 aliphatic carbocycles. The predicted octanol–water partition coefficient (Wildman–Crippen LogP) is 19.3. The molecule has 68 heavy (non-hydrogen) atoms. The molecule has 0 saturated heterocycles. The fourth-order valence-electron chi connectivity index (χ4n) is 12.7. The van der Waals surface area contributed by atoms with Crippen LogP contribution in [0.25, 0.3) is 76.2 Å². The van der Waals surface area contributed by atoms with E-state index in [0.717, 1.165) is 67.2 Å². The van der Waals surface area contributed by atoms with Gasteiger partial charge in [0.15, 0.2) is 11.2 Å². The van der Waals surface area contributed by atoms with E-state index in [2.05, 4.69) is 194 Å². The average Bonchev–Trinajstić information content (AvgIpc) is 4.23. The van der Waals surface area contributed by atoms with Crippen LogP contribution in [-0.4, -0.2) is 0 Å². The molecule has 2 heterocycles. The highest BCUT2D eigenvalue weighted by Gasteiger charge is 2.29. The summed E-state index contributed by atoms with van der Waals surface area (Å²) in [6, 6.07) is 63.1. The molecule has 12 aromatic rings. The Kier molecular flexibility index (Phi) is 9.03. The summed E-state index contributed by atoms with van der Waals surface area (Å²) in [5.74, 6) is 1.08. The van der Waals surface area contributed by atoms with E-state index in [1.807, 2.05) is 0 Å². The molecular weight excluding hydrogens is 829 g/mol. The highest BCUT2D eigenvalue weighted by molar-refractivity contribution is 6.29. The number of hydrogen-bond acceptors (Lipinski definition) is 4. The molecule has 2 aliphatic rings. The second-order valence-electron chi connectivity index (χ2n) is 19.8. The Hall–Kier alpha value is -7.56. The lowest BCUT2D eigenvalue weighted by atomic mass is 9.91. The molecule has 2 fully saturated rings. The second-order valence-corrected chi connectivity index (χ2v) is 19.8. The summed E-state index contributed by atoms with van der Waals surface area (Å²) in [4.78, 5) is 4.92. The van der Waals surface area contributed by atoms with Gasteiger partial charge >= 0.3 is 0 Å². The van der Waals surface area contributed by atoms with Gasteiger partial charge in [0.25, 0.3) is 0 Å². The number of aryl methyl sites for hydroxylation is 2. The molecule has 10 aromatic carbocycles. The van der Waals surface area contributed by atoms with E-state index in [0.29, 0.717) is 11.8 Å². The minimum atomic E-state index is 0.542. The molecule has 0 bridgehead atoms. The van der Waals surface area contributed by atoms with Crippen molar-refractivity contribution in [1.29, 1.82) is 0 Å². The lowest BCUT2D eigenvalue weighted by molar-refractivity contribution is 0.643. The van der Waals surface area contributed by atoms with E-state index in [9.17, 15) is 0 Å². The van der Waals surface area contributed by atoms with Crippen molar-refractivity contribution in [2.24, 2.45) is 0 Å². The summed E-state index contributed by atoms with van der Waals surface area (Å²) >= 11 is 0. The van der Waals surface area contributed by atoms with Gasteiger partial charge < -0.3 is 18.6 Å². The second kappa shape index (κ2) is 15.5. The predicted molar refractivity (Wildman–Crippen MR) is 286 cm³/mol. The van der Waals surface area contributed by atoms with Crippen LogP contribution in [-0.2, 0) is 0 Å². The van der Waals surface area contributed by atoms with Gasteiger partial charge in [0, 0.05) is 43.7 Å². The number of furan rings is 2. The Morgan fingerprint density at radius 1 is 0.324 bits per heavy atom. The van der Waals surface area contributed by atoms with Crippen molar-refractivity contribution in [2.45, 2.75) is 77.0 Å². The lowest BCUT2D eigenvalue weighted by Crippen LogP contribution is -2.13. The Labute approximate surface area is 396 Å². The van der Waals surface area contributed by atoms with Gasteiger partial charge in [0.2, 0.25) is 0 Å². The smallest absolute Gasteiger partial charge is 0.159 e. The van der Waals surface area contributed by atoms with Gasteiger partial charge in [0.1, 0.15) is 11.2 Å². The average molecular weight is 881 g/mol. The molecule has 0 radical (unpaired) electrons. The monoisotopic (exact) mass is 880 g/mol. The largest absolute Gasteiger partial charge is 0.454 e. The normalized spacial score (nSPS) is 14.9. The van der Waals surface area contributed by atoms with Gasteiger partial charge in [-0.3, -0.25) is 0 Å². The van der Waals surface area contributed by atoms with Crippen molar-refractivity contribution >= 4 is 110 Å². The van der Waals surface area contributed by atoms with Crippen molar-refractivity contribution < 1.29 is 8.83 Å². The lowest BCUT2D eigenvalue weighted by Gasteiger charge is -2.30. The highest BCUT2D eigenvalue weighted by Crippen LogP contribution is 2.52. The molecule has 4 heteroatoms. The third-order valence-corrected chi connectivity index (χ3v) is 16.0. The number of benzene rings is 10. The van der Waals surface area contributed by atoms with Crippen molar-refractivity contribution in [1.82, 2.24) is 0 Å². The van der Waals surface area contributed by atoms with Gasteiger partial charge in [-0.05, 0) is 132 Å². The van der Waals surface area contributed by atoms with Crippen LogP contribution in [0.1, 0.15) is 85.5 Å². The van der Waals surface area contributed by atoms with Crippen molar-refractivity contribution in [3.63, 3.8) is 0 Å². The number of anilines is 6. The summed E-state index contributed by atoms with van der Waals surface area (Å²) < 4.78 is 14.4. The molecule has 0 aliphatic heterocycles. The van der Waals surface area contributed by atoms with E-state index < -0.39 is 0 Å². The number of hydrogen-bond donors (Lipinski definition) is 0. The first-order valence-corrected chi connectivity index (χ1v) is 24.9. The Morgan fingerprint density at radius 3 is 1.12 bits per heavy atom. The third-order valence-electron chi connectivity index (χ3n) is 16.0. The first-order valence-electron chi connectivity index (χ1n) is 24.9. The SMILES string of the molecule is Cc1ccccc1N(c1ccc2ccc3c(N(c4ccccc4C)c4cccc5c4oc4c(C6CCCC6)cccc45)ccc4ccc1c2c43)c1cccc2c1oc1c(C3CCCC3)cccc12. The van der Waals surface area contributed by atoms with Crippen molar-refractivity contribution in [2.75, 3.05) is 9.80 Å². The summed E-state index contributed by atoms with van der Waals surface area (Å²) in [6.45, 7) is 4.44. The molecule has 330 valence electrons. The molecule has 14 rings (SSSR count). The maximum Gasteiger partial charge on any atom is 0.159 e. The molecular formula is C64H52N2O2. The third kappa shape index (κ3) is 5.92. The molecule has 0 atom stereocenters. The van der Waals surface area contributed by atoms with Crippen molar-refractivity contribution in [3.8, 4) is 0 Å². The van der Waals surface area contributed by atoms with Crippen LogP contribution >= 0.6 is 0 Å². The van der Waals surface area contributed by atoms with Crippen molar-refractivity contribution in [3.05, 3.63) is 192 Å². The minimum Gasteiger partial charge on any atom is -0.454 e. The zero-order valence-corrected chi connectivity index (χ0v) is 38.7.